The first-order chi connectivity index (χ1) is 13.7. The van der Waals surface area contributed by atoms with Crippen LogP contribution in [0.2, 0.25) is 0 Å². The molecule has 0 spiro atoms. The molecule has 1 aromatic heterocycles. The van der Waals surface area contributed by atoms with Crippen molar-refractivity contribution in [2.45, 2.75) is 18.4 Å². The molecule has 0 unspecified atom stereocenters. The average Bonchev–Trinajstić information content (AvgIpc) is 2.66. The molecule has 2 aromatic carbocycles. The summed E-state index contributed by atoms with van der Waals surface area (Å²) < 4.78 is 30.4. The normalized spacial score (nSPS) is 11.6. The standard InChI is InChI=1S/C20H21N3O5S/c1-13-10-19(24)28-18-11-15(6-9-17(13)18)22-20(25)21-12-14-4-7-16(8-5-14)29(26,27)23(2)3/h4-11H,12H2,1-3H3,(H2,21,22,25). The highest BCUT2D eigenvalue weighted by molar-refractivity contribution is 7.89. The first-order valence-corrected chi connectivity index (χ1v) is 10.2. The maximum Gasteiger partial charge on any atom is 0.336 e. The number of benzene rings is 2. The zero-order valence-electron chi connectivity index (χ0n) is 16.2. The molecule has 0 aliphatic carbocycles. The van der Waals surface area contributed by atoms with Gasteiger partial charge in [0.05, 0.1) is 4.90 Å². The first kappa shape index (κ1) is 20.6. The third-order valence-corrected chi connectivity index (χ3v) is 6.19. The number of anilines is 1. The fraction of sp³-hybridized carbons (Fsp3) is 0.200. The monoisotopic (exact) mass is 415 g/mol. The van der Waals surface area contributed by atoms with Gasteiger partial charge in [-0.25, -0.2) is 22.3 Å². The van der Waals surface area contributed by atoms with E-state index in [-0.39, 0.29) is 11.4 Å². The molecule has 3 aromatic rings. The predicted molar refractivity (Wildman–Crippen MR) is 110 cm³/mol. The molecule has 0 bridgehead atoms. The largest absolute Gasteiger partial charge is 0.423 e. The lowest BCUT2D eigenvalue weighted by atomic mass is 10.1. The van der Waals surface area contributed by atoms with E-state index in [1.54, 1.807) is 30.3 Å². The third-order valence-electron chi connectivity index (χ3n) is 4.36. The summed E-state index contributed by atoms with van der Waals surface area (Å²) in [5.41, 5.74) is 1.97. The van der Waals surface area contributed by atoms with E-state index in [2.05, 4.69) is 10.6 Å². The van der Waals surface area contributed by atoms with Crippen LogP contribution in [0, 0.1) is 6.92 Å². The Morgan fingerprint density at radius 3 is 2.41 bits per heavy atom. The second-order valence-corrected chi connectivity index (χ2v) is 8.85. The van der Waals surface area contributed by atoms with Crippen molar-refractivity contribution in [1.82, 2.24) is 9.62 Å². The SMILES string of the molecule is Cc1cc(=O)oc2cc(NC(=O)NCc3ccc(S(=O)(=O)N(C)C)cc3)ccc12. The van der Waals surface area contributed by atoms with Crippen molar-refractivity contribution in [1.29, 1.82) is 0 Å². The molecule has 9 heteroatoms. The molecule has 0 saturated carbocycles. The van der Waals surface area contributed by atoms with Crippen molar-refractivity contribution in [3.8, 4) is 0 Å². The molecule has 0 aliphatic rings. The van der Waals surface area contributed by atoms with Crippen LogP contribution in [0.4, 0.5) is 10.5 Å². The number of aryl methyl sites for hydroxylation is 1. The Hall–Kier alpha value is -3.17. The number of carbonyl (C=O) groups excluding carboxylic acids is 1. The maximum atomic E-state index is 12.2. The number of hydrogen-bond donors (Lipinski definition) is 2. The summed E-state index contributed by atoms with van der Waals surface area (Å²) in [6, 6.07) is 12.3. The maximum absolute atomic E-state index is 12.2. The topological polar surface area (TPSA) is 109 Å². The molecular formula is C20H21N3O5S. The van der Waals surface area contributed by atoms with Crippen LogP contribution in [0.1, 0.15) is 11.1 Å². The van der Waals surface area contributed by atoms with Crippen LogP contribution in [0.5, 0.6) is 0 Å². The number of hydrogen-bond acceptors (Lipinski definition) is 5. The fourth-order valence-corrected chi connectivity index (χ4v) is 3.65. The van der Waals surface area contributed by atoms with E-state index in [9.17, 15) is 18.0 Å². The Bertz CT molecular complexity index is 1220. The van der Waals surface area contributed by atoms with Crippen molar-refractivity contribution in [2.75, 3.05) is 19.4 Å². The first-order valence-electron chi connectivity index (χ1n) is 8.77. The Labute approximate surface area is 168 Å². The zero-order valence-corrected chi connectivity index (χ0v) is 17.0. The highest BCUT2D eigenvalue weighted by atomic mass is 32.2. The molecule has 152 valence electrons. The van der Waals surface area contributed by atoms with Crippen LogP contribution < -0.4 is 16.3 Å². The second-order valence-electron chi connectivity index (χ2n) is 6.70. The molecule has 0 radical (unpaired) electrons. The van der Waals surface area contributed by atoms with Gasteiger partial charge in [-0.1, -0.05) is 12.1 Å². The van der Waals surface area contributed by atoms with Crippen molar-refractivity contribution >= 4 is 32.7 Å². The summed E-state index contributed by atoms with van der Waals surface area (Å²) in [6.45, 7) is 2.03. The van der Waals surface area contributed by atoms with Gasteiger partial charge in [-0.2, -0.15) is 0 Å². The molecule has 2 N–H and O–H groups in total. The van der Waals surface area contributed by atoms with E-state index >= 15 is 0 Å². The summed E-state index contributed by atoms with van der Waals surface area (Å²) in [6.07, 6.45) is 0. The summed E-state index contributed by atoms with van der Waals surface area (Å²) in [5.74, 6) is 0. The van der Waals surface area contributed by atoms with Gasteiger partial charge in [0.15, 0.2) is 0 Å². The number of amides is 2. The summed E-state index contributed by atoms with van der Waals surface area (Å²) in [5, 5.41) is 6.17. The Balaban J connectivity index is 1.64. The van der Waals surface area contributed by atoms with E-state index in [1.807, 2.05) is 6.92 Å². The van der Waals surface area contributed by atoms with Gasteiger partial charge in [-0.3, -0.25) is 0 Å². The summed E-state index contributed by atoms with van der Waals surface area (Å²) >= 11 is 0. The molecule has 0 atom stereocenters. The van der Waals surface area contributed by atoms with E-state index in [0.29, 0.717) is 11.3 Å². The Kier molecular flexibility index (Phi) is 5.71. The number of fused-ring (bicyclic) bond motifs is 1. The van der Waals surface area contributed by atoms with Crippen LogP contribution in [-0.2, 0) is 16.6 Å². The smallest absolute Gasteiger partial charge is 0.336 e. The molecule has 1 heterocycles. The minimum Gasteiger partial charge on any atom is -0.423 e. The summed E-state index contributed by atoms with van der Waals surface area (Å²) in [4.78, 5) is 23.9. The van der Waals surface area contributed by atoms with Crippen molar-refractivity contribution in [3.63, 3.8) is 0 Å². The number of sulfonamides is 1. The molecular weight excluding hydrogens is 394 g/mol. The van der Waals surface area contributed by atoms with Gasteiger partial charge < -0.3 is 15.1 Å². The van der Waals surface area contributed by atoms with Gasteiger partial charge in [0.1, 0.15) is 5.58 Å². The van der Waals surface area contributed by atoms with E-state index in [4.69, 9.17) is 4.42 Å². The van der Waals surface area contributed by atoms with Gasteiger partial charge in [-0.15, -0.1) is 0 Å². The molecule has 0 fully saturated rings. The average molecular weight is 415 g/mol. The Morgan fingerprint density at radius 2 is 1.76 bits per heavy atom. The van der Waals surface area contributed by atoms with Gasteiger partial charge in [0, 0.05) is 43.8 Å². The van der Waals surface area contributed by atoms with Crippen LogP contribution in [0.25, 0.3) is 11.0 Å². The van der Waals surface area contributed by atoms with Crippen LogP contribution in [0.3, 0.4) is 0 Å². The highest BCUT2D eigenvalue weighted by Gasteiger charge is 2.16. The predicted octanol–water partition coefficient (Wildman–Crippen LogP) is 2.67. The fourth-order valence-electron chi connectivity index (χ4n) is 2.75. The minimum atomic E-state index is -3.49. The van der Waals surface area contributed by atoms with Crippen molar-refractivity contribution < 1.29 is 17.6 Å². The van der Waals surface area contributed by atoms with E-state index in [1.165, 1.54) is 32.3 Å². The van der Waals surface area contributed by atoms with Gasteiger partial charge >= 0.3 is 11.7 Å². The van der Waals surface area contributed by atoms with Crippen LogP contribution in [-0.4, -0.2) is 32.8 Å². The van der Waals surface area contributed by atoms with Gasteiger partial charge in [0.25, 0.3) is 0 Å². The minimum absolute atomic E-state index is 0.184. The van der Waals surface area contributed by atoms with Crippen molar-refractivity contribution in [2.24, 2.45) is 0 Å². The van der Waals surface area contributed by atoms with E-state index in [0.717, 1.165) is 20.8 Å². The van der Waals surface area contributed by atoms with Gasteiger partial charge in [-0.05, 0) is 42.3 Å². The lowest BCUT2D eigenvalue weighted by molar-refractivity contribution is 0.251. The highest BCUT2D eigenvalue weighted by Crippen LogP contribution is 2.20. The molecule has 0 aliphatic heterocycles. The quantitative estimate of drug-likeness (QED) is 0.623. The second kappa shape index (κ2) is 8.06. The molecule has 8 nitrogen and oxygen atoms in total. The number of carbonyl (C=O) groups is 1. The lowest BCUT2D eigenvalue weighted by Gasteiger charge is -2.12. The lowest BCUT2D eigenvalue weighted by Crippen LogP contribution is -2.28. The molecule has 2 amide bonds. The van der Waals surface area contributed by atoms with Crippen LogP contribution >= 0.6 is 0 Å². The Morgan fingerprint density at radius 1 is 1.07 bits per heavy atom. The number of nitrogens with zero attached hydrogens (tertiary/aromatic N) is 1. The van der Waals surface area contributed by atoms with Crippen molar-refractivity contribution in [3.05, 3.63) is 70.1 Å². The zero-order chi connectivity index (χ0) is 21.2. The molecule has 3 rings (SSSR count). The number of rotatable bonds is 5. The number of nitrogens with one attached hydrogen (secondary N) is 2. The van der Waals surface area contributed by atoms with E-state index < -0.39 is 21.7 Å². The van der Waals surface area contributed by atoms with Crippen LogP contribution in [0.15, 0.2) is 62.6 Å². The summed E-state index contributed by atoms with van der Waals surface area (Å²) in [7, 11) is -0.554. The molecule has 0 saturated heterocycles. The van der Waals surface area contributed by atoms with Gasteiger partial charge in [0.2, 0.25) is 10.0 Å². The third kappa shape index (κ3) is 4.64. The number of urea groups is 1. The molecule has 29 heavy (non-hydrogen) atoms.